The van der Waals surface area contributed by atoms with Crippen molar-refractivity contribution in [2.45, 2.75) is 76.0 Å². The number of rotatable bonds is 8. The van der Waals surface area contributed by atoms with E-state index in [4.69, 9.17) is 0 Å². The third-order valence-electron chi connectivity index (χ3n) is 9.48. The lowest BCUT2D eigenvalue weighted by atomic mass is 9.81. The minimum atomic E-state index is -1.03. The molecule has 0 bridgehead atoms. The molecule has 1 aliphatic carbocycles. The summed E-state index contributed by atoms with van der Waals surface area (Å²) in [6, 6.07) is 21.2. The van der Waals surface area contributed by atoms with Crippen LogP contribution in [0.15, 0.2) is 72.8 Å². The molecule has 3 atom stereocenters. The van der Waals surface area contributed by atoms with Gasteiger partial charge in [-0.15, -0.1) is 0 Å². The van der Waals surface area contributed by atoms with Gasteiger partial charge in [0.2, 0.25) is 17.7 Å². The van der Waals surface area contributed by atoms with Gasteiger partial charge in [-0.25, -0.2) is 0 Å². The van der Waals surface area contributed by atoms with Crippen LogP contribution < -0.4 is 5.32 Å². The molecule has 226 valence electrons. The zero-order valence-corrected chi connectivity index (χ0v) is 24.8. The number of phenolic OH excluding ortho intramolecular Hbond substituents is 1. The fourth-order valence-electron chi connectivity index (χ4n) is 7.19. The van der Waals surface area contributed by atoms with Crippen molar-refractivity contribution in [1.29, 1.82) is 5.26 Å². The summed E-state index contributed by atoms with van der Waals surface area (Å²) in [4.78, 5) is 46.5. The van der Waals surface area contributed by atoms with Crippen molar-refractivity contribution in [3.8, 4) is 11.8 Å². The summed E-state index contributed by atoms with van der Waals surface area (Å²) in [5, 5.41) is 22.3. The fourth-order valence-corrected chi connectivity index (χ4v) is 7.19. The second kappa shape index (κ2) is 12.9. The molecule has 3 amide bonds. The quantitative estimate of drug-likeness (QED) is 0.391. The van der Waals surface area contributed by atoms with Crippen LogP contribution in [0, 0.1) is 17.2 Å². The van der Waals surface area contributed by atoms with E-state index in [0.29, 0.717) is 49.4 Å². The maximum atomic E-state index is 14.6. The van der Waals surface area contributed by atoms with Crippen molar-refractivity contribution >= 4 is 17.7 Å². The average molecular weight is 591 g/mol. The number of hydrogen-bond donors (Lipinski definition) is 2. The predicted molar refractivity (Wildman–Crippen MR) is 165 cm³/mol. The fraction of sp³-hybridized carbons (Fsp3) is 0.389. The van der Waals surface area contributed by atoms with Gasteiger partial charge in [-0.3, -0.25) is 14.4 Å². The molecule has 0 spiro atoms. The Morgan fingerprint density at radius 2 is 1.70 bits per heavy atom. The van der Waals surface area contributed by atoms with Gasteiger partial charge < -0.3 is 20.2 Å². The average Bonchev–Trinajstić information content (AvgIpc) is 3.05. The topological polar surface area (TPSA) is 114 Å². The Balaban J connectivity index is 1.36. The summed E-state index contributed by atoms with van der Waals surface area (Å²) < 4.78 is 0. The van der Waals surface area contributed by atoms with E-state index in [1.807, 2.05) is 30.3 Å². The molecular weight excluding hydrogens is 552 g/mol. The first kappa shape index (κ1) is 29.4. The van der Waals surface area contributed by atoms with Crippen molar-refractivity contribution in [2.75, 3.05) is 6.54 Å². The Hall–Kier alpha value is -4.64. The molecule has 0 aromatic heterocycles. The highest BCUT2D eigenvalue weighted by molar-refractivity contribution is 6.00. The van der Waals surface area contributed by atoms with E-state index in [-0.39, 0.29) is 23.5 Å². The first-order valence-electron chi connectivity index (χ1n) is 15.7. The molecule has 44 heavy (non-hydrogen) atoms. The Morgan fingerprint density at radius 3 is 2.43 bits per heavy atom. The number of amides is 3. The highest BCUT2D eigenvalue weighted by atomic mass is 16.3. The van der Waals surface area contributed by atoms with Crippen molar-refractivity contribution in [2.24, 2.45) is 5.92 Å². The van der Waals surface area contributed by atoms with Crippen LogP contribution in [0.2, 0.25) is 0 Å². The number of benzene rings is 3. The van der Waals surface area contributed by atoms with E-state index in [1.54, 1.807) is 52.3 Å². The second-order valence-corrected chi connectivity index (χ2v) is 12.3. The lowest BCUT2D eigenvalue weighted by Crippen LogP contribution is -2.67. The van der Waals surface area contributed by atoms with Gasteiger partial charge in [0, 0.05) is 19.5 Å². The Labute approximate surface area is 258 Å². The molecule has 2 heterocycles. The zero-order valence-electron chi connectivity index (χ0n) is 24.8. The molecule has 8 nitrogen and oxygen atoms in total. The maximum absolute atomic E-state index is 14.6. The molecule has 8 heteroatoms. The van der Waals surface area contributed by atoms with E-state index in [9.17, 15) is 24.8 Å². The summed E-state index contributed by atoms with van der Waals surface area (Å²) in [5.41, 5.74) is 4.00. The Bertz CT molecular complexity index is 1570. The highest BCUT2D eigenvalue weighted by Crippen LogP contribution is 2.38. The number of piperazine rings is 1. The third-order valence-corrected chi connectivity index (χ3v) is 9.48. The smallest absolute Gasteiger partial charge is 0.247 e. The van der Waals surface area contributed by atoms with E-state index in [1.165, 1.54) is 6.42 Å². The summed E-state index contributed by atoms with van der Waals surface area (Å²) >= 11 is 0. The van der Waals surface area contributed by atoms with Crippen LogP contribution in [0.25, 0.3) is 0 Å². The number of phenols is 1. The van der Waals surface area contributed by atoms with Crippen LogP contribution in [0.1, 0.15) is 72.4 Å². The number of carbonyl (C=O) groups is 3. The molecule has 2 N–H and O–H groups in total. The summed E-state index contributed by atoms with van der Waals surface area (Å²) in [6.07, 6.45) is 6.84. The minimum absolute atomic E-state index is 0.0964. The van der Waals surface area contributed by atoms with Crippen LogP contribution >= 0.6 is 0 Å². The van der Waals surface area contributed by atoms with Crippen molar-refractivity contribution in [3.63, 3.8) is 0 Å². The second-order valence-electron chi connectivity index (χ2n) is 12.3. The van der Waals surface area contributed by atoms with Gasteiger partial charge in [0.15, 0.2) is 0 Å². The number of fused-ring (bicyclic) bond motifs is 2. The number of nitrogens with zero attached hydrogens (tertiary/aromatic N) is 3. The molecule has 6 rings (SSSR count). The molecule has 2 fully saturated rings. The van der Waals surface area contributed by atoms with E-state index in [0.717, 1.165) is 42.4 Å². The molecule has 0 radical (unpaired) electrons. The maximum Gasteiger partial charge on any atom is 0.247 e. The molecule has 3 aromatic rings. The van der Waals surface area contributed by atoms with Crippen LogP contribution in [-0.4, -0.2) is 51.3 Å². The summed E-state index contributed by atoms with van der Waals surface area (Å²) in [5.74, 6) is -0.212. The SMILES string of the molecule is N#Cc1ccc(C(C(=O)NCCc2cccc(O)c2)N2C(=O)[C@@H]3Cc4ccccc4CN3C(=O)[C@@H]2CC2CCCCC2)cc1. The largest absolute Gasteiger partial charge is 0.508 e. The number of nitrogens with one attached hydrogen (secondary N) is 1. The van der Waals surface area contributed by atoms with Crippen molar-refractivity contribution in [1.82, 2.24) is 15.1 Å². The van der Waals surface area contributed by atoms with Crippen LogP contribution in [0.4, 0.5) is 0 Å². The van der Waals surface area contributed by atoms with Crippen LogP contribution in [0.3, 0.4) is 0 Å². The first-order chi connectivity index (χ1) is 21.4. The summed E-state index contributed by atoms with van der Waals surface area (Å²) in [6.45, 7) is 0.680. The lowest BCUT2D eigenvalue weighted by molar-refractivity contribution is -0.169. The molecule has 3 aliphatic rings. The Morgan fingerprint density at radius 1 is 0.955 bits per heavy atom. The van der Waals surface area contributed by atoms with Crippen LogP contribution in [0.5, 0.6) is 5.75 Å². The van der Waals surface area contributed by atoms with E-state index in [2.05, 4.69) is 11.4 Å². The Kier molecular flexibility index (Phi) is 8.65. The van der Waals surface area contributed by atoms with Gasteiger partial charge in [-0.05, 0) is 65.3 Å². The van der Waals surface area contributed by atoms with Crippen LogP contribution in [-0.2, 0) is 33.8 Å². The molecular formula is C36H38N4O4. The first-order valence-corrected chi connectivity index (χ1v) is 15.7. The molecule has 1 saturated carbocycles. The summed E-state index contributed by atoms with van der Waals surface area (Å²) in [7, 11) is 0. The predicted octanol–water partition coefficient (Wildman–Crippen LogP) is 4.80. The molecule has 2 aliphatic heterocycles. The third kappa shape index (κ3) is 6.05. The number of aromatic hydroxyl groups is 1. The monoisotopic (exact) mass is 590 g/mol. The van der Waals surface area contributed by atoms with Gasteiger partial charge in [-0.1, -0.05) is 80.6 Å². The van der Waals surface area contributed by atoms with E-state index < -0.39 is 18.1 Å². The zero-order chi connectivity index (χ0) is 30.6. The molecule has 1 saturated heterocycles. The number of hydrogen-bond acceptors (Lipinski definition) is 5. The standard InChI is InChI=1S/C36H38N4O4/c37-22-26-13-15-27(16-14-26)33(34(42)38-18-17-25-9-6-12-30(41)19-25)40-32(20-24-7-2-1-3-8-24)35(43)39-23-29-11-5-4-10-28(29)21-31(39)36(40)44/h4-6,9-16,19,24,31-33,41H,1-3,7-8,17-18,20-21,23H2,(H,38,42)/t31-,32-,33?/m0/s1. The lowest BCUT2D eigenvalue weighted by Gasteiger charge is -2.50. The van der Waals surface area contributed by atoms with Crippen molar-refractivity contribution in [3.05, 3.63) is 101 Å². The normalized spacial score (nSPS) is 20.8. The van der Waals surface area contributed by atoms with Gasteiger partial charge in [-0.2, -0.15) is 5.26 Å². The van der Waals surface area contributed by atoms with Gasteiger partial charge in [0.25, 0.3) is 0 Å². The number of carbonyl (C=O) groups excluding carboxylic acids is 3. The van der Waals surface area contributed by atoms with Gasteiger partial charge in [0.05, 0.1) is 11.6 Å². The van der Waals surface area contributed by atoms with Gasteiger partial charge in [0.1, 0.15) is 23.9 Å². The molecule has 3 aromatic carbocycles. The highest BCUT2D eigenvalue weighted by Gasteiger charge is 2.51. The number of nitriles is 1. The van der Waals surface area contributed by atoms with Gasteiger partial charge >= 0.3 is 0 Å². The van der Waals surface area contributed by atoms with Crippen molar-refractivity contribution < 1.29 is 19.5 Å². The minimum Gasteiger partial charge on any atom is -0.508 e. The van der Waals surface area contributed by atoms with E-state index >= 15 is 0 Å². The molecule has 1 unspecified atom stereocenters.